The Kier molecular flexibility index (Phi) is 24.0. The Morgan fingerprint density at radius 1 is 0.527 bits per heavy atom. The lowest BCUT2D eigenvalue weighted by Gasteiger charge is -2.32. The van der Waals surface area contributed by atoms with Gasteiger partial charge in [-0.3, -0.25) is 67.0 Å². The second kappa shape index (κ2) is 32.1. The van der Waals surface area contributed by atoms with Gasteiger partial charge in [0, 0.05) is 91.6 Å². The van der Waals surface area contributed by atoms with Crippen LogP contribution in [0.3, 0.4) is 0 Å². The lowest BCUT2D eigenvalue weighted by atomic mass is 9.81. The van der Waals surface area contributed by atoms with E-state index in [2.05, 4.69) is 33.5 Å². The van der Waals surface area contributed by atoms with Crippen molar-refractivity contribution < 1.29 is 74.3 Å². The van der Waals surface area contributed by atoms with Crippen molar-refractivity contribution in [2.24, 2.45) is 58.2 Å². The van der Waals surface area contributed by atoms with Crippen LogP contribution in [0.5, 0.6) is 11.8 Å². The predicted octanol–water partition coefficient (Wildman–Crippen LogP) is 6.81. The monoisotopic (exact) mass is 1560 g/mol. The Bertz CT molecular complexity index is 4480. The molecule has 4 saturated carbocycles. The highest BCUT2D eigenvalue weighted by atomic mass is 32.2. The fourth-order valence-electron chi connectivity index (χ4n) is 16.6. The van der Waals surface area contributed by atoms with Gasteiger partial charge in [-0.15, -0.1) is 10.2 Å². The Morgan fingerprint density at radius 3 is 1.20 bits per heavy atom. The number of fused-ring (bicyclic) bond motifs is 6. The number of amides is 6. The lowest BCUT2D eigenvalue weighted by Crippen LogP contribution is -2.48. The summed E-state index contributed by atoms with van der Waals surface area (Å²) in [5, 5.41) is 10.7. The number of benzene rings is 2. The number of ketones is 4. The van der Waals surface area contributed by atoms with Crippen LogP contribution < -0.4 is 30.0 Å². The average Bonchev–Trinajstić information content (AvgIpc) is 1.56. The zero-order valence-corrected chi connectivity index (χ0v) is 66.8. The van der Waals surface area contributed by atoms with Crippen molar-refractivity contribution >= 4 is 100 Å². The molecular weight excluding hydrogens is 1450 g/mol. The molecule has 110 heavy (non-hydrogen) atoms. The first-order chi connectivity index (χ1) is 51.8. The van der Waals surface area contributed by atoms with Gasteiger partial charge >= 0.3 is 0 Å². The maximum absolute atomic E-state index is 14.8. The first kappa shape index (κ1) is 82.2. The maximum Gasteiger partial charge on any atom is 0.289 e. The summed E-state index contributed by atoms with van der Waals surface area (Å²) in [7, 11) is -2.08. The molecule has 30 heteroatoms. The van der Waals surface area contributed by atoms with Gasteiger partial charge in [-0.1, -0.05) is 76.3 Å². The predicted molar refractivity (Wildman–Crippen MR) is 408 cm³/mol. The van der Waals surface area contributed by atoms with E-state index in [-0.39, 0.29) is 136 Å². The van der Waals surface area contributed by atoms with Crippen LogP contribution in [-0.4, -0.2) is 190 Å². The minimum absolute atomic E-state index is 0.0302. The highest BCUT2D eigenvalue weighted by Gasteiger charge is 2.65. The zero-order valence-electron chi connectivity index (χ0n) is 65.2. The first-order valence-electron chi connectivity index (χ1n) is 38.8. The Labute approximate surface area is 642 Å². The minimum Gasteiger partial charge on any atom is -0.471 e. The molecule has 6 fully saturated rings. The van der Waals surface area contributed by atoms with E-state index < -0.39 is 135 Å². The van der Waals surface area contributed by atoms with Crippen LogP contribution in [0.15, 0.2) is 82.4 Å². The molecular formula is C80H106N10O18S2. The van der Waals surface area contributed by atoms with E-state index in [1.165, 1.54) is 57.2 Å². The van der Waals surface area contributed by atoms with Gasteiger partial charge in [-0.25, -0.2) is 26.2 Å². The van der Waals surface area contributed by atoms with Crippen LogP contribution in [0.25, 0.3) is 21.5 Å². The molecule has 0 unspecified atom stereocenters. The van der Waals surface area contributed by atoms with E-state index in [1.54, 1.807) is 76.2 Å². The summed E-state index contributed by atoms with van der Waals surface area (Å²) in [6, 6.07) is 11.6. The highest BCUT2D eigenvalue weighted by molar-refractivity contribution is 7.92. The molecule has 0 bridgehead atoms. The summed E-state index contributed by atoms with van der Waals surface area (Å²) in [6.07, 6.45) is 11.3. The summed E-state index contributed by atoms with van der Waals surface area (Å²) in [5.41, 5.74) is -3.21. The number of allylic oxidation sites excluding steroid dienone is 4. The fraction of sp³-hybridized carbons (Fsp3) is 0.625. The van der Waals surface area contributed by atoms with Crippen molar-refractivity contribution in [2.75, 3.05) is 41.3 Å². The third-order valence-corrected chi connectivity index (χ3v) is 28.8. The molecule has 2 aromatic heterocycles. The van der Waals surface area contributed by atoms with Gasteiger partial charge < -0.3 is 29.1 Å². The summed E-state index contributed by atoms with van der Waals surface area (Å²) >= 11 is 0. The molecule has 12 rings (SSSR count). The molecule has 4 aliphatic carbocycles. The number of aryl methyl sites for hydroxylation is 2. The second-order valence-electron chi connectivity index (χ2n) is 33.4. The van der Waals surface area contributed by atoms with Gasteiger partial charge in [0.25, 0.3) is 22.9 Å². The topological polar surface area (TPSA) is 364 Å². The van der Waals surface area contributed by atoms with Crippen molar-refractivity contribution in [3.8, 4) is 11.8 Å². The van der Waals surface area contributed by atoms with E-state index in [0.29, 0.717) is 72.9 Å². The molecule has 596 valence electrons. The molecule has 4 aliphatic heterocycles. The van der Waals surface area contributed by atoms with E-state index in [9.17, 15) is 74.4 Å². The molecule has 2 N–H and O–H groups in total. The number of Topliss-reactive ketones (excluding diaryl/α,β-unsaturated/α-hetero) is 4. The van der Waals surface area contributed by atoms with E-state index in [1.807, 2.05) is 38.2 Å². The lowest BCUT2D eigenvalue weighted by molar-refractivity contribution is -0.148. The maximum atomic E-state index is 14.8. The number of nitrogens with zero attached hydrogens (tertiary/aromatic N) is 8. The number of rotatable bonds is 18. The summed E-state index contributed by atoms with van der Waals surface area (Å²) in [6.45, 7) is 15.1. The highest BCUT2D eigenvalue weighted by Crippen LogP contribution is 2.59. The molecule has 28 nitrogen and oxygen atoms in total. The summed E-state index contributed by atoms with van der Waals surface area (Å²) < 4.78 is 70.9. The van der Waals surface area contributed by atoms with Gasteiger partial charge in [-0.2, -0.15) is 0 Å². The van der Waals surface area contributed by atoms with Gasteiger partial charge in [0.1, 0.15) is 12.2 Å². The first-order valence-corrected chi connectivity index (χ1v) is 41.7. The number of sulfonamides is 2. The zero-order chi connectivity index (χ0) is 80.1. The Hall–Kier alpha value is -8.80. The third kappa shape index (κ3) is 17.0. The molecule has 2 aromatic carbocycles. The minimum atomic E-state index is -3.99. The van der Waals surface area contributed by atoms with Crippen LogP contribution >= 0.6 is 0 Å². The van der Waals surface area contributed by atoms with Crippen molar-refractivity contribution in [3.63, 3.8) is 0 Å². The number of likely N-dealkylation sites (N-methyl/N-ethyl adjacent to an activating group) is 2. The number of carbonyl (C=O) groups excluding carboxylic acids is 10. The second-order valence-corrected chi connectivity index (χ2v) is 37.8. The van der Waals surface area contributed by atoms with E-state index in [4.69, 9.17) is 9.47 Å². The van der Waals surface area contributed by atoms with Crippen LogP contribution in [-0.2, 0) is 81.1 Å². The number of carbonyl (C=O) groups is 10. The number of hydrogen-bond acceptors (Lipinski definition) is 20. The Morgan fingerprint density at radius 2 is 0.873 bits per heavy atom. The van der Waals surface area contributed by atoms with Gasteiger partial charge in [0.2, 0.25) is 67.0 Å². The number of ether oxygens (including phenoxy) is 2. The molecule has 6 heterocycles. The summed E-state index contributed by atoms with van der Waals surface area (Å²) in [5.74, 6) is -8.76. The third-order valence-electron chi connectivity index (χ3n) is 24.5. The molecule has 8 aliphatic rings. The molecule has 2 saturated heterocycles. The molecule has 4 aromatic rings. The smallest absolute Gasteiger partial charge is 0.289 e. The van der Waals surface area contributed by atoms with Crippen molar-refractivity contribution in [1.29, 1.82) is 0 Å². The fourth-order valence-corrected chi connectivity index (χ4v) is 19.2. The molecule has 6 amide bonds. The van der Waals surface area contributed by atoms with Crippen LogP contribution in [0.2, 0.25) is 0 Å². The van der Waals surface area contributed by atoms with Gasteiger partial charge in [-0.05, 0) is 165 Å². The largest absolute Gasteiger partial charge is 0.471 e. The van der Waals surface area contributed by atoms with Crippen LogP contribution in [0.4, 0.5) is 0 Å². The average molecular weight is 1560 g/mol. The SMILES string of the molecule is CCn1nc(O[C@@H]2C[C@H]3C(=O)C[C@]4(C(=O)NS(=O)(=O)C5(C)CC5)C[C@H]4/C=C\CC[C@@H](C)C[C@@H](C)[C@H](CC(=O)C(=O)N(C)C)C(=O)N3C2)c2ccccc2c1=O.CCn1nc(O[C@@H]2C[C@H]3C(=O)C[C@]4(C(=O)NS(=O)(=O)C5(C)CC5)C[C@H]4/C=C\CC[C@H](C)C[C@@H](C)[C@H](CC(=O)C(=O)N(C)C)C(=O)N3C2)c2ccccc2c1=O. The van der Waals surface area contributed by atoms with E-state index >= 15 is 0 Å². The van der Waals surface area contributed by atoms with E-state index in [0.717, 1.165) is 12.8 Å². The Balaban J connectivity index is 0.000000218. The number of hydrogen-bond donors (Lipinski definition) is 2. The normalized spacial score (nSPS) is 30.0. The summed E-state index contributed by atoms with van der Waals surface area (Å²) in [4.78, 5) is 170. The number of aromatic nitrogens is 4. The van der Waals surface area contributed by atoms with Gasteiger partial charge in [0.15, 0.2) is 11.6 Å². The quantitative estimate of drug-likeness (QED) is 0.0763. The van der Waals surface area contributed by atoms with Crippen LogP contribution in [0, 0.1) is 58.2 Å². The molecule has 0 spiro atoms. The van der Waals surface area contributed by atoms with Gasteiger partial charge in [0.05, 0.1) is 67.0 Å². The number of nitrogens with one attached hydrogen (secondary N) is 2. The standard InChI is InChI=1S/2C40H53N5O9S/c2*1-7-45-36(49)29-15-11-10-14-28(29)34(41-45)54-27-19-31-33(47)22-40(38(51)42-55(52,53)39(4)16-17-39)21-26(40)13-9-8-12-24(2)18-25(3)30(35(48)44(31)23-27)20-32(46)37(50)43(5)6/h2*9-11,13-15,24-27,30-31H,7-8,12,16-23H2,1-6H3,(H,42,51)/b2*13-9-/t24-,25+,26+,27+,30-,31-,40+;24-,25-,26-,27-,30+,31+,40-/m01/s1. The van der Waals surface area contributed by atoms with Crippen molar-refractivity contribution in [2.45, 2.75) is 218 Å². The van der Waals surface area contributed by atoms with Crippen LogP contribution in [0.1, 0.15) is 171 Å². The van der Waals surface area contributed by atoms with Crippen molar-refractivity contribution in [1.82, 2.24) is 48.6 Å². The van der Waals surface area contributed by atoms with Crippen molar-refractivity contribution in [3.05, 3.63) is 93.5 Å². The molecule has 14 atom stereocenters. The molecule has 0 radical (unpaired) electrons.